The lowest BCUT2D eigenvalue weighted by Crippen LogP contribution is -2.42. The number of benzene rings is 1. The third kappa shape index (κ3) is 4.13. The fraction of sp³-hybridized carbons (Fsp3) is 0.500. The number of nitrogens with zero attached hydrogens (tertiary/aromatic N) is 1. The van der Waals surface area contributed by atoms with Crippen LogP contribution in [0.2, 0.25) is 0 Å². The Kier molecular flexibility index (Phi) is 4.78. The molecule has 2 N–H and O–H groups in total. The minimum absolute atomic E-state index is 0.0972. The number of methoxy groups -OCH3 is 1. The number of aromatic hydroxyl groups is 1. The average Bonchev–Trinajstić information content (AvgIpc) is 2.34. The number of ether oxygens (including phenoxy) is 1. The van der Waals surface area contributed by atoms with Gasteiger partial charge in [0.2, 0.25) is 0 Å². The maximum absolute atomic E-state index is 12.3. The van der Waals surface area contributed by atoms with E-state index in [1.54, 1.807) is 19.9 Å². The molecular weight excluding hydrogens is 246 g/mol. The number of likely N-dealkylation sites (N-methyl/N-ethyl adjacent to an activating group) is 1. The molecule has 19 heavy (non-hydrogen) atoms. The van der Waals surface area contributed by atoms with Crippen molar-refractivity contribution >= 4 is 5.91 Å². The molecule has 1 rings (SSSR count). The van der Waals surface area contributed by atoms with E-state index in [4.69, 9.17) is 4.74 Å². The standard InChI is InChI=1S/C14H21NO4/c1-5-15(9-14(2,3)18)13(17)11-8-10(19-4)6-7-12(11)16/h6-8,16,18H,5,9H2,1-4H3. The van der Waals surface area contributed by atoms with Crippen LogP contribution in [0.15, 0.2) is 18.2 Å². The van der Waals surface area contributed by atoms with Crippen molar-refractivity contribution in [1.29, 1.82) is 0 Å². The van der Waals surface area contributed by atoms with Gasteiger partial charge in [0.15, 0.2) is 0 Å². The van der Waals surface area contributed by atoms with Crippen molar-refractivity contribution < 1.29 is 19.7 Å². The molecule has 0 saturated heterocycles. The first-order valence-electron chi connectivity index (χ1n) is 6.17. The molecule has 0 radical (unpaired) electrons. The highest BCUT2D eigenvalue weighted by Crippen LogP contribution is 2.24. The molecule has 106 valence electrons. The van der Waals surface area contributed by atoms with E-state index in [0.717, 1.165) is 0 Å². The summed E-state index contributed by atoms with van der Waals surface area (Å²) in [5, 5.41) is 19.6. The highest BCUT2D eigenvalue weighted by molar-refractivity contribution is 5.97. The fourth-order valence-electron chi connectivity index (χ4n) is 1.78. The van der Waals surface area contributed by atoms with Gasteiger partial charge in [0.05, 0.1) is 18.3 Å². The Bertz CT molecular complexity index is 451. The van der Waals surface area contributed by atoms with Gasteiger partial charge in [0.25, 0.3) is 5.91 Å². The highest BCUT2D eigenvalue weighted by atomic mass is 16.5. The Morgan fingerprint density at radius 1 is 1.42 bits per heavy atom. The molecule has 0 aromatic heterocycles. The van der Waals surface area contributed by atoms with Gasteiger partial charge in [-0.15, -0.1) is 0 Å². The Labute approximate surface area is 113 Å². The maximum atomic E-state index is 12.3. The molecule has 1 aromatic rings. The summed E-state index contributed by atoms with van der Waals surface area (Å²) in [6.07, 6.45) is 0. The number of rotatable bonds is 5. The van der Waals surface area contributed by atoms with Gasteiger partial charge < -0.3 is 19.8 Å². The van der Waals surface area contributed by atoms with Gasteiger partial charge in [0.1, 0.15) is 11.5 Å². The van der Waals surface area contributed by atoms with Gasteiger partial charge >= 0.3 is 0 Å². The summed E-state index contributed by atoms with van der Waals surface area (Å²) >= 11 is 0. The van der Waals surface area contributed by atoms with Crippen LogP contribution in [0, 0.1) is 0 Å². The zero-order chi connectivity index (χ0) is 14.6. The quantitative estimate of drug-likeness (QED) is 0.850. The van der Waals surface area contributed by atoms with Gasteiger partial charge in [-0.25, -0.2) is 0 Å². The molecule has 0 aliphatic rings. The monoisotopic (exact) mass is 267 g/mol. The molecular formula is C14H21NO4. The SMILES string of the molecule is CCN(CC(C)(C)O)C(=O)c1cc(OC)ccc1O. The molecule has 0 aliphatic carbocycles. The third-order valence-corrected chi connectivity index (χ3v) is 2.68. The van der Waals surface area contributed by atoms with Crippen LogP contribution >= 0.6 is 0 Å². The number of carbonyl (C=O) groups is 1. The van der Waals surface area contributed by atoms with Gasteiger partial charge in [0, 0.05) is 13.1 Å². The summed E-state index contributed by atoms with van der Waals surface area (Å²) in [4.78, 5) is 13.8. The number of amides is 1. The first-order chi connectivity index (χ1) is 8.78. The summed E-state index contributed by atoms with van der Waals surface area (Å²) in [6.45, 7) is 5.72. The average molecular weight is 267 g/mol. The van der Waals surface area contributed by atoms with E-state index in [0.29, 0.717) is 12.3 Å². The summed E-state index contributed by atoms with van der Waals surface area (Å²) in [5.74, 6) is 0.0708. The topological polar surface area (TPSA) is 70.0 Å². The highest BCUT2D eigenvalue weighted by Gasteiger charge is 2.24. The van der Waals surface area contributed by atoms with Crippen molar-refractivity contribution in [2.45, 2.75) is 26.4 Å². The van der Waals surface area contributed by atoms with Crippen molar-refractivity contribution in [3.05, 3.63) is 23.8 Å². The first kappa shape index (κ1) is 15.3. The van der Waals surface area contributed by atoms with Crippen LogP contribution in [0.3, 0.4) is 0 Å². The number of hydrogen-bond acceptors (Lipinski definition) is 4. The molecule has 0 bridgehead atoms. The van der Waals surface area contributed by atoms with Gasteiger partial charge in [-0.3, -0.25) is 4.79 Å². The molecule has 0 atom stereocenters. The molecule has 0 heterocycles. The van der Waals surface area contributed by atoms with E-state index in [-0.39, 0.29) is 23.8 Å². The molecule has 5 heteroatoms. The van der Waals surface area contributed by atoms with Crippen molar-refractivity contribution in [3.63, 3.8) is 0 Å². The lowest BCUT2D eigenvalue weighted by atomic mass is 10.1. The minimum Gasteiger partial charge on any atom is -0.507 e. The van der Waals surface area contributed by atoms with E-state index >= 15 is 0 Å². The lowest BCUT2D eigenvalue weighted by molar-refractivity contribution is 0.0313. The normalized spacial score (nSPS) is 11.2. The molecule has 0 saturated carbocycles. The number of carbonyl (C=O) groups excluding carboxylic acids is 1. The Morgan fingerprint density at radius 3 is 2.53 bits per heavy atom. The smallest absolute Gasteiger partial charge is 0.257 e. The van der Waals surface area contributed by atoms with Crippen LogP contribution in [0.5, 0.6) is 11.5 Å². The number of aliphatic hydroxyl groups is 1. The van der Waals surface area contributed by atoms with Gasteiger partial charge in [-0.2, -0.15) is 0 Å². The summed E-state index contributed by atoms with van der Waals surface area (Å²) in [5.41, 5.74) is -0.814. The number of phenols is 1. The van der Waals surface area contributed by atoms with Crippen molar-refractivity contribution in [2.24, 2.45) is 0 Å². The van der Waals surface area contributed by atoms with Gasteiger partial charge in [-0.05, 0) is 39.0 Å². The molecule has 1 aromatic carbocycles. The van der Waals surface area contributed by atoms with Crippen molar-refractivity contribution in [2.75, 3.05) is 20.2 Å². The first-order valence-corrected chi connectivity index (χ1v) is 6.17. The number of phenolic OH excluding ortho intramolecular Hbond substituents is 1. The Hall–Kier alpha value is -1.75. The fourth-order valence-corrected chi connectivity index (χ4v) is 1.78. The molecule has 0 unspecified atom stereocenters. The second-order valence-electron chi connectivity index (χ2n) is 5.01. The second-order valence-corrected chi connectivity index (χ2v) is 5.01. The predicted molar refractivity (Wildman–Crippen MR) is 72.5 cm³/mol. The predicted octanol–water partition coefficient (Wildman–Crippen LogP) is 1.63. The van der Waals surface area contributed by atoms with Crippen LogP contribution in [0.4, 0.5) is 0 Å². The minimum atomic E-state index is -0.986. The second kappa shape index (κ2) is 5.93. The van der Waals surface area contributed by atoms with E-state index in [1.807, 2.05) is 6.92 Å². The van der Waals surface area contributed by atoms with E-state index < -0.39 is 5.60 Å². The molecule has 0 spiro atoms. The van der Waals surface area contributed by atoms with E-state index in [2.05, 4.69) is 0 Å². The van der Waals surface area contributed by atoms with Crippen LogP contribution < -0.4 is 4.74 Å². The number of hydrogen-bond donors (Lipinski definition) is 2. The van der Waals surface area contributed by atoms with Crippen molar-refractivity contribution in [1.82, 2.24) is 4.90 Å². The zero-order valence-corrected chi connectivity index (χ0v) is 11.8. The molecule has 0 aliphatic heterocycles. The van der Waals surface area contributed by atoms with Crippen LogP contribution in [-0.4, -0.2) is 46.8 Å². The van der Waals surface area contributed by atoms with Crippen molar-refractivity contribution in [3.8, 4) is 11.5 Å². The van der Waals surface area contributed by atoms with Gasteiger partial charge in [-0.1, -0.05) is 0 Å². The largest absolute Gasteiger partial charge is 0.507 e. The van der Waals surface area contributed by atoms with E-state index in [1.165, 1.54) is 24.1 Å². The third-order valence-electron chi connectivity index (χ3n) is 2.68. The molecule has 0 fully saturated rings. The Balaban J connectivity index is 3.03. The molecule has 5 nitrogen and oxygen atoms in total. The maximum Gasteiger partial charge on any atom is 0.257 e. The van der Waals surface area contributed by atoms with Crippen LogP contribution in [0.1, 0.15) is 31.1 Å². The Morgan fingerprint density at radius 2 is 2.05 bits per heavy atom. The summed E-state index contributed by atoms with van der Waals surface area (Å²) in [6, 6.07) is 4.49. The van der Waals surface area contributed by atoms with E-state index in [9.17, 15) is 15.0 Å². The van der Waals surface area contributed by atoms with Crippen LogP contribution in [-0.2, 0) is 0 Å². The zero-order valence-electron chi connectivity index (χ0n) is 11.8. The van der Waals surface area contributed by atoms with Crippen LogP contribution in [0.25, 0.3) is 0 Å². The molecule has 1 amide bonds. The summed E-state index contributed by atoms with van der Waals surface area (Å²) < 4.78 is 5.04. The lowest BCUT2D eigenvalue weighted by Gasteiger charge is -2.28. The summed E-state index contributed by atoms with van der Waals surface area (Å²) in [7, 11) is 1.50.